The predicted octanol–water partition coefficient (Wildman–Crippen LogP) is 1.47. The van der Waals surface area contributed by atoms with Crippen LogP contribution >= 0.6 is 0 Å². The van der Waals surface area contributed by atoms with Crippen molar-refractivity contribution >= 4 is 16.1 Å². The van der Waals surface area contributed by atoms with Gasteiger partial charge < -0.3 is 4.90 Å². The van der Waals surface area contributed by atoms with Gasteiger partial charge in [-0.15, -0.1) is 3.89 Å². The molecular formula is C11H18FNO3S. The minimum Gasteiger partial charge on any atom is -0.341 e. The molecule has 2 fully saturated rings. The fourth-order valence-electron chi connectivity index (χ4n) is 2.80. The zero-order chi connectivity index (χ0) is 12.5. The quantitative estimate of drug-likeness (QED) is 0.709. The highest BCUT2D eigenvalue weighted by Gasteiger charge is 2.35. The highest BCUT2D eigenvalue weighted by Crippen LogP contribution is 2.28. The Morgan fingerprint density at radius 3 is 2.35 bits per heavy atom. The molecule has 4 nitrogen and oxygen atoms in total. The van der Waals surface area contributed by atoms with Crippen molar-refractivity contribution in [1.29, 1.82) is 0 Å². The van der Waals surface area contributed by atoms with Gasteiger partial charge in [0.15, 0.2) is 0 Å². The molecule has 1 amide bonds. The molecule has 1 unspecified atom stereocenters. The van der Waals surface area contributed by atoms with Crippen LogP contribution in [-0.2, 0) is 15.0 Å². The minimum absolute atomic E-state index is 0.0239. The van der Waals surface area contributed by atoms with Crippen LogP contribution in [0, 0.1) is 5.92 Å². The van der Waals surface area contributed by atoms with Gasteiger partial charge in [0, 0.05) is 19.0 Å². The summed E-state index contributed by atoms with van der Waals surface area (Å²) in [5.74, 6) is 0.0620. The lowest BCUT2D eigenvalue weighted by Gasteiger charge is -2.32. The predicted molar refractivity (Wildman–Crippen MR) is 61.6 cm³/mol. The lowest BCUT2D eigenvalue weighted by Crippen LogP contribution is -2.46. The molecule has 1 saturated heterocycles. The number of halogens is 1. The number of piperidine rings is 1. The van der Waals surface area contributed by atoms with Gasteiger partial charge in [0.05, 0.1) is 0 Å². The largest absolute Gasteiger partial charge is 0.341 e. The SMILES string of the molecule is O=C(C1CCCC1)N1CCCC(S(=O)(=O)F)C1. The van der Waals surface area contributed by atoms with Crippen molar-refractivity contribution in [3.63, 3.8) is 0 Å². The molecule has 0 radical (unpaired) electrons. The van der Waals surface area contributed by atoms with Gasteiger partial charge in [0.1, 0.15) is 5.25 Å². The van der Waals surface area contributed by atoms with Gasteiger partial charge >= 0.3 is 10.2 Å². The smallest absolute Gasteiger partial charge is 0.307 e. The Morgan fingerprint density at radius 1 is 1.12 bits per heavy atom. The summed E-state index contributed by atoms with van der Waals surface area (Å²) in [5, 5.41) is -1.01. The van der Waals surface area contributed by atoms with E-state index in [2.05, 4.69) is 0 Å². The molecule has 1 atom stereocenters. The second-order valence-corrected chi connectivity index (χ2v) is 6.62. The molecule has 2 aliphatic rings. The van der Waals surface area contributed by atoms with Crippen LogP contribution in [0.1, 0.15) is 38.5 Å². The number of hydrogen-bond acceptors (Lipinski definition) is 3. The Bertz CT molecular complexity index is 390. The summed E-state index contributed by atoms with van der Waals surface area (Å²) in [6, 6.07) is 0. The molecule has 1 heterocycles. The zero-order valence-corrected chi connectivity index (χ0v) is 10.6. The van der Waals surface area contributed by atoms with Crippen molar-refractivity contribution in [3.05, 3.63) is 0 Å². The molecule has 0 N–H and O–H groups in total. The Morgan fingerprint density at radius 2 is 1.76 bits per heavy atom. The third kappa shape index (κ3) is 2.97. The Kier molecular flexibility index (Phi) is 3.70. The normalized spacial score (nSPS) is 27.4. The summed E-state index contributed by atoms with van der Waals surface area (Å²) in [7, 11) is -4.51. The summed E-state index contributed by atoms with van der Waals surface area (Å²) in [4.78, 5) is 13.6. The molecule has 1 aliphatic heterocycles. The average molecular weight is 263 g/mol. The molecule has 6 heteroatoms. The molecule has 0 spiro atoms. The van der Waals surface area contributed by atoms with E-state index in [1.807, 2.05) is 0 Å². The van der Waals surface area contributed by atoms with Gasteiger partial charge in [-0.05, 0) is 25.7 Å². The van der Waals surface area contributed by atoms with E-state index < -0.39 is 15.5 Å². The summed E-state index contributed by atoms with van der Waals surface area (Å²) in [5.41, 5.74) is 0. The number of rotatable bonds is 2. The first-order valence-corrected chi connectivity index (χ1v) is 7.65. The van der Waals surface area contributed by atoms with Crippen molar-refractivity contribution in [3.8, 4) is 0 Å². The first-order chi connectivity index (χ1) is 7.98. The van der Waals surface area contributed by atoms with E-state index in [4.69, 9.17) is 0 Å². The van der Waals surface area contributed by atoms with Crippen LogP contribution in [0.3, 0.4) is 0 Å². The molecule has 0 aromatic heterocycles. The van der Waals surface area contributed by atoms with Crippen molar-refractivity contribution in [2.75, 3.05) is 13.1 Å². The molecule has 1 saturated carbocycles. The minimum atomic E-state index is -4.51. The highest BCUT2D eigenvalue weighted by molar-refractivity contribution is 7.87. The van der Waals surface area contributed by atoms with Crippen molar-refractivity contribution in [2.45, 2.75) is 43.8 Å². The molecule has 17 heavy (non-hydrogen) atoms. The van der Waals surface area contributed by atoms with Crippen molar-refractivity contribution in [1.82, 2.24) is 4.90 Å². The van der Waals surface area contributed by atoms with Crippen LogP contribution in [0.2, 0.25) is 0 Å². The number of amides is 1. The maximum absolute atomic E-state index is 12.9. The highest BCUT2D eigenvalue weighted by atomic mass is 32.3. The third-order valence-corrected chi connectivity index (χ3v) is 4.97. The molecule has 1 aliphatic carbocycles. The molecule has 98 valence electrons. The van der Waals surface area contributed by atoms with E-state index in [9.17, 15) is 17.1 Å². The number of likely N-dealkylation sites (tertiary alicyclic amines) is 1. The summed E-state index contributed by atoms with van der Waals surface area (Å²) in [6.07, 6.45) is 4.81. The maximum atomic E-state index is 12.9. The monoisotopic (exact) mass is 263 g/mol. The van der Waals surface area contributed by atoms with Gasteiger partial charge in [0.25, 0.3) is 0 Å². The molecule has 0 bridgehead atoms. The second-order valence-electron chi connectivity index (χ2n) is 5.01. The maximum Gasteiger partial charge on any atom is 0.307 e. The van der Waals surface area contributed by atoms with Crippen LogP contribution in [-0.4, -0.2) is 37.6 Å². The summed E-state index contributed by atoms with van der Waals surface area (Å²) in [6.45, 7) is 0.607. The first kappa shape index (κ1) is 12.8. The van der Waals surface area contributed by atoms with E-state index >= 15 is 0 Å². The van der Waals surface area contributed by atoms with Crippen LogP contribution in [0.5, 0.6) is 0 Å². The fourth-order valence-corrected chi connectivity index (χ4v) is 3.61. The summed E-state index contributed by atoms with van der Waals surface area (Å²) >= 11 is 0. The van der Waals surface area contributed by atoms with E-state index in [0.717, 1.165) is 25.7 Å². The zero-order valence-electron chi connectivity index (χ0n) is 9.77. The van der Waals surface area contributed by atoms with Crippen molar-refractivity contribution < 1.29 is 17.1 Å². The lowest BCUT2D eigenvalue weighted by atomic mass is 10.0. The fraction of sp³-hybridized carbons (Fsp3) is 0.909. The standard InChI is InChI=1S/C11H18FNO3S/c12-17(15,16)10-6-3-7-13(8-10)11(14)9-4-1-2-5-9/h9-10H,1-8H2. The lowest BCUT2D eigenvalue weighted by molar-refractivity contribution is -0.136. The molecular weight excluding hydrogens is 245 g/mol. The Balaban J connectivity index is 1.99. The number of carbonyl (C=O) groups is 1. The van der Waals surface area contributed by atoms with Crippen LogP contribution in [0.25, 0.3) is 0 Å². The van der Waals surface area contributed by atoms with E-state index in [-0.39, 0.29) is 18.4 Å². The number of carbonyl (C=O) groups excluding carboxylic acids is 1. The van der Waals surface area contributed by atoms with Crippen LogP contribution in [0.15, 0.2) is 0 Å². The summed E-state index contributed by atoms with van der Waals surface area (Å²) < 4.78 is 34.7. The van der Waals surface area contributed by atoms with Gasteiger partial charge in [-0.1, -0.05) is 12.8 Å². The first-order valence-electron chi connectivity index (χ1n) is 6.21. The van der Waals surface area contributed by atoms with E-state index in [1.54, 1.807) is 4.90 Å². The third-order valence-electron chi connectivity index (χ3n) is 3.79. The molecule has 0 aromatic rings. The van der Waals surface area contributed by atoms with Gasteiger partial charge in [-0.25, -0.2) is 0 Å². The van der Waals surface area contributed by atoms with Gasteiger partial charge in [-0.3, -0.25) is 4.79 Å². The van der Waals surface area contributed by atoms with Gasteiger partial charge in [0.2, 0.25) is 5.91 Å². The topological polar surface area (TPSA) is 54.5 Å². The van der Waals surface area contributed by atoms with Gasteiger partial charge in [-0.2, -0.15) is 8.42 Å². The Hall–Kier alpha value is -0.650. The number of nitrogens with zero attached hydrogens (tertiary/aromatic N) is 1. The molecule has 0 aromatic carbocycles. The average Bonchev–Trinajstić information content (AvgIpc) is 2.80. The van der Waals surface area contributed by atoms with E-state index in [0.29, 0.717) is 19.4 Å². The van der Waals surface area contributed by atoms with E-state index in [1.165, 1.54) is 0 Å². The Labute approximate surface area is 101 Å². The van der Waals surface area contributed by atoms with Crippen LogP contribution in [0.4, 0.5) is 3.89 Å². The van der Waals surface area contributed by atoms with Crippen LogP contribution < -0.4 is 0 Å². The second kappa shape index (κ2) is 4.92. The molecule has 2 rings (SSSR count). The number of hydrogen-bond donors (Lipinski definition) is 0. The van der Waals surface area contributed by atoms with Crippen molar-refractivity contribution in [2.24, 2.45) is 5.92 Å².